The first-order valence-electron chi connectivity index (χ1n) is 7.51. The molecule has 3 rings (SSSR count). The number of fused-ring (bicyclic) bond motifs is 1. The normalized spacial score (nSPS) is 17.8. The maximum absolute atomic E-state index is 13.9. The minimum absolute atomic E-state index is 0.0712. The van der Waals surface area contributed by atoms with Gasteiger partial charge in [-0.1, -0.05) is 44.5 Å². The van der Waals surface area contributed by atoms with E-state index >= 15 is 0 Å². The molecule has 4 nitrogen and oxygen atoms in total. The van der Waals surface area contributed by atoms with Gasteiger partial charge in [-0.2, -0.15) is 5.10 Å². The second-order valence-electron chi connectivity index (χ2n) is 6.93. The van der Waals surface area contributed by atoms with Crippen molar-refractivity contribution < 1.29 is 9.18 Å². The Labute approximate surface area is 139 Å². The van der Waals surface area contributed by atoms with Crippen molar-refractivity contribution in [3.8, 4) is 0 Å². The van der Waals surface area contributed by atoms with Gasteiger partial charge < -0.3 is 5.32 Å². The summed E-state index contributed by atoms with van der Waals surface area (Å²) in [6.07, 6.45) is 0.227. The monoisotopic (exact) mass is 335 g/mol. The average molecular weight is 336 g/mol. The Kier molecular flexibility index (Phi) is 3.71. The second kappa shape index (κ2) is 5.34. The Morgan fingerprint density at radius 3 is 2.74 bits per heavy atom. The molecule has 6 heteroatoms. The van der Waals surface area contributed by atoms with Crippen molar-refractivity contribution in [2.45, 2.75) is 38.5 Å². The molecule has 0 fully saturated rings. The summed E-state index contributed by atoms with van der Waals surface area (Å²) >= 11 is 6.18. The lowest BCUT2D eigenvalue weighted by Crippen LogP contribution is -2.26. The predicted molar refractivity (Wildman–Crippen MR) is 88.4 cm³/mol. The smallest absolute Gasteiger partial charge is 0.226 e. The SMILES string of the molecule is Cn1nc(C(C)(C)C)c2c1NC(=O)CC2c1cccc(F)c1Cl. The number of hydrogen-bond acceptors (Lipinski definition) is 2. The van der Waals surface area contributed by atoms with Gasteiger partial charge in [0.1, 0.15) is 11.6 Å². The Morgan fingerprint density at radius 2 is 2.09 bits per heavy atom. The third-order valence-corrected chi connectivity index (χ3v) is 4.55. The lowest BCUT2D eigenvalue weighted by molar-refractivity contribution is -0.116. The zero-order valence-corrected chi connectivity index (χ0v) is 14.3. The van der Waals surface area contributed by atoms with Crippen LogP contribution in [0.25, 0.3) is 0 Å². The Bertz CT molecular complexity index is 792. The highest BCUT2D eigenvalue weighted by Gasteiger charge is 2.37. The molecule has 1 atom stereocenters. The summed E-state index contributed by atoms with van der Waals surface area (Å²) in [6, 6.07) is 4.72. The molecule has 1 aliphatic rings. The summed E-state index contributed by atoms with van der Waals surface area (Å²) < 4.78 is 15.6. The molecule has 2 aromatic rings. The molecule has 0 aliphatic carbocycles. The number of hydrogen-bond donors (Lipinski definition) is 1. The van der Waals surface area contributed by atoms with E-state index in [1.165, 1.54) is 6.07 Å². The van der Waals surface area contributed by atoms with E-state index in [2.05, 4.69) is 31.2 Å². The van der Waals surface area contributed by atoms with Gasteiger partial charge in [0.25, 0.3) is 0 Å². The van der Waals surface area contributed by atoms with Crippen LogP contribution >= 0.6 is 11.6 Å². The second-order valence-corrected chi connectivity index (χ2v) is 7.31. The summed E-state index contributed by atoms with van der Waals surface area (Å²) in [5.74, 6) is -0.231. The standard InChI is InChI=1S/C17H19ClFN3O/c1-17(2,3)15-13-10(9-6-5-7-11(19)14(9)18)8-12(23)20-16(13)22(4)21-15/h5-7,10H,8H2,1-4H3,(H,20,23). The third kappa shape index (κ3) is 2.63. The summed E-state index contributed by atoms with van der Waals surface area (Å²) in [4.78, 5) is 12.1. The van der Waals surface area contributed by atoms with Crippen molar-refractivity contribution in [3.05, 3.63) is 45.9 Å². The van der Waals surface area contributed by atoms with Gasteiger partial charge in [0, 0.05) is 30.4 Å². The average Bonchev–Trinajstić information content (AvgIpc) is 2.79. The molecular formula is C17H19ClFN3O. The van der Waals surface area contributed by atoms with E-state index in [1.54, 1.807) is 23.9 Å². The summed E-state index contributed by atoms with van der Waals surface area (Å²) in [5.41, 5.74) is 2.24. The number of rotatable bonds is 1. The van der Waals surface area contributed by atoms with Gasteiger partial charge in [0.15, 0.2) is 0 Å². The number of carbonyl (C=O) groups is 1. The Balaban J connectivity index is 2.26. The van der Waals surface area contributed by atoms with Crippen LogP contribution < -0.4 is 5.32 Å². The number of benzene rings is 1. The van der Waals surface area contributed by atoms with Gasteiger partial charge in [-0.05, 0) is 11.6 Å². The number of aryl methyl sites for hydroxylation is 1. The molecule has 0 saturated carbocycles. The van der Waals surface area contributed by atoms with Crippen LogP contribution in [-0.4, -0.2) is 15.7 Å². The first kappa shape index (κ1) is 16.0. The van der Waals surface area contributed by atoms with Crippen LogP contribution in [0, 0.1) is 5.82 Å². The fraction of sp³-hybridized carbons (Fsp3) is 0.412. The fourth-order valence-electron chi connectivity index (χ4n) is 3.10. The molecule has 0 radical (unpaired) electrons. The third-order valence-electron chi connectivity index (χ3n) is 4.15. The van der Waals surface area contributed by atoms with Gasteiger partial charge >= 0.3 is 0 Å². The number of halogens is 2. The van der Waals surface area contributed by atoms with Crippen molar-refractivity contribution in [1.29, 1.82) is 0 Å². The van der Waals surface area contributed by atoms with Crippen LogP contribution in [0.4, 0.5) is 10.2 Å². The molecule has 1 aliphatic heterocycles. The number of nitrogens with one attached hydrogen (secondary N) is 1. The minimum atomic E-state index is -0.474. The molecule has 0 bridgehead atoms. The highest BCUT2D eigenvalue weighted by Crippen LogP contribution is 2.44. The van der Waals surface area contributed by atoms with Gasteiger partial charge in [0.2, 0.25) is 5.91 Å². The van der Waals surface area contributed by atoms with Crippen molar-refractivity contribution in [1.82, 2.24) is 9.78 Å². The molecule has 1 N–H and O–H groups in total. The van der Waals surface area contributed by atoms with E-state index in [-0.39, 0.29) is 28.7 Å². The lowest BCUT2D eigenvalue weighted by Gasteiger charge is -2.27. The first-order chi connectivity index (χ1) is 10.7. The van der Waals surface area contributed by atoms with Gasteiger partial charge in [-0.25, -0.2) is 4.39 Å². The van der Waals surface area contributed by atoms with Crippen LogP contribution in [0.3, 0.4) is 0 Å². The van der Waals surface area contributed by atoms with Crippen LogP contribution in [-0.2, 0) is 17.3 Å². The van der Waals surface area contributed by atoms with E-state index in [4.69, 9.17) is 11.6 Å². The zero-order chi connectivity index (χ0) is 16.9. The molecule has 0 spiro atoms. The molecule has 1 aromatic carbocycles. The maximum atomic E-state index is 13.9. The van der Waals surface area contributed by atoms with Gasteiger partial charge in [0.05, 0.1) is 10.7 Å². The highest BCUT2D eigenvalue weighted by atomic mass is 35.5. The molecule has 0 saturated heterocycles. The Hall–Kier alpha value is -1.88. The van der Waals surface area contributed by atoms with E-state index in [0.717, 1.165) is 11.3 Å². The Morgan fingerprint density at radius 1 is 1.39 bits per heavy atom. The number of carbonyl (C=O) groups excluding carboxylic acids is 1. The van der Waals surface area contributed by atoms with E-state index in [1.807, 2.05) is 0 Å². The van der Waals surface area contributed by atoms with Crippen molar-refractivity contribution in [2.75, 3.05) is 5.32 Å². The van der Waals surface area contributed by atoms with E-state index < -0.39 is 5.82 Å². The van der Waals surface area contributed by atoms with Crippen LogP contribution in [0.1, 0.15) is 49.9 Å². The lowest BCUT2D eigenvalue weighted by atomic mass is 9.79. The van der Waals surface area contributed by atoms with Crippen LogP contribution in [0.15, 0.2) is 18.2 Å². The van der Waals surface area contributed by atoms with Gasteiger partial charge in [-0.3, -0.25) is 9.48 Å². The van der Waals surface area contributed by atoms with Crippen LogP contribution in [0.5, 0.6) is 0 Å². The highest BCUT2D eigenvalue weighted by molar-refractivity contribution is 6.31. The van der Waals surface area contributed by atoms with E-state index in [9.17, 15) is 9.18 Å². The number of anilines is 1. The van der Waals surface area contributed by atoms with Crippen LogP contribution in [0.2, 0.25) is 5.02 Å². The van der Waals surface area contributed by atoms with Crippen molar-refractivity contribution in [2.24, 2.45) is 7.05 Å². The molecule has 122 valence electrons. The zero-order valence-electron chi connectivity index (χ0n) is 13.6. The maximum Gasteiger partial charge on any atom is 0.226 e. The molecule has 23 heavy (non-hydrogen) atoms. The van der Waals surface area contributed by atoms with Crippen molar-refractivity contribution >= 4 is 23.3 Å². The summed E-state index contributed by atoms with van der Waals surface area (Å²) in [7, 11) is 1.80. The molecule has 1 aromatic heterocycles. The molecule has 2 heterocycles. The minimum Gasteiger partial charge on any atom is -0.311 e. The predicted octanol–water partition coefficient (Wildman–Crippen LogP) is 3.98. The molecular weight excluding hydrogens is 317 g/mol. The topological polar surface area (TPSA) is 46.9 Å². The summed E-state index contributed by atoms with van der Waals surface area (Å²) in [6.45, 7) is 6.20. The van der Waals surface area contributed by atoms with Crippen molar-refractivity contribution in [3.63, 3.8) is 0 Å². The van der Waals surface area contributed by atoms with E-state index in [0.29, 0.717) is 11.4 Å². The molecule has 1 unspecified atom stereocenters. The largest absolute Gasteiger partial charge is 0.311 e. The number of amides is 1. The first-order valence-corrected chi connectivity index (χ1v) is 7.89. The summed E-state index contributed by atoms with van der Waals surface area (Å²) in [5, 5.41) is 7.54. The molecule has 1 amide bonds. The quantitative estimate of drug-likeness (QED) is 0.856. The fourth-order valence-corrected chi connectivity index (χ4v) is 3.36. The van der Waals surface area contributed by atoms with Gasteiger partial charge in [-0.15, -0.1) is 0 Å². The number of nitrogens with zero attached hydrogens (tertiary/aromatic N) is 2. The number of aromatic nitrogens is 2.